The molecule has 0 spiro atoms. The molecule has 0 nitrogen and oxygen atoms in total. The van der Waals surface area contributed by atoms with Gasteiger partial charge in [0.25, 0.3) is 0 Å². The second-order valence-electron chi connectivity index (χ2n) is 5.87. The molecule has 0 fully saturated rings. The van der Waals surface area contributed by atoms with Crippen molar-refractivity contribution in [2.24, 2.45) is 0 Å². The topological polar surface area (TPSA) is 0 Å². The van der Waals surface area contributed by atoms with Gasteiger partial charge in [-0.2, -0.15) is 6.42 Å². The minimum absolute atomic E-state index is 0.826. The van der Waals surface area contributed by atoms with E-state index in [-0.39, 0.29) is 0 Å². The van der Waals surface area contributed by atoms with Crippen LogP contribution in [0.25, 0.3) is 0 Å². The zero-order valence-electron chi connectivity index (χ0n) is 14.3. The van der Waals surface area contributed by atoms with Gasteiger partial charge in [0.2, 0.25) is 0 Å². The standard InChI is InChI=1S/C18H37.2ClH.Zr/c1-3-5-7-9-11-13-15-17-18-16-14-12-10-8-6-4-2;;;/h1,3-18H2,2H3;2*1H;/q-1;;;+2/p-2. The Kier molecular flexibility index (Phi) is 31.0. The summed E-state index contributed by atoms with van der Waals surface area (Å²) < 4.78 is 0. The Labute approximate surface area is 153 Å². The number of hydrogen-bond acceptors (Lipinski definition) is 0. The van der Waals surface area contributed by atoms with Crippen LogP contribution in [0.3, 0.4) is 0 Å². The van der Waals surface area contributed by atoms with E-state index in [1.807, 2.05) is 0 Å². The third-order valence-corrected chi connectivity index (χ3v) is 3.85. The predicted octanol–water partition coefficient (Wildman–Crippen LogP) is 8.46. The number of halogens is 2. The molecule has 0 aliphatic heterocycles. The third kappa shape index (κ3) is 30.0. The van der Waals surface area contributed by atoms with Crippen LogP contribution in [0.4, 0.5) is 0 Å². The van der Waals surface area contributed by atoms with Gasteiger partial charge in [0.1, 0.15) is 0 Å². The Balaban J connectivity index is 0. The van der Waals surface area contributed by atoms with E-state index in [1.54, 1.807) is 0 Å². The minimum atomic E-state index is -0.826. The average Bonchev–Trinajstić information content (AvgIpc) is 2.48. The fourth-order valence-corrected chi connectivity index (χ4v) is 2.55. The monoisotopic (exact) mass is 413 g/mol. The van der Waals surface area contributed by atoms with Gasteiger partial charge in [0, 0.05) is 0 Å². The summed E-state index contributed by atoms with van der Waals surface area (Å²) in [5.74, 6) is 0. The van der Waals surface area contributed by atoms with Gasteiger partial charge in [-0.05, 0) is 0 Å². The van der Waals surface area contributed by atoms with Crippen LogP contribution < -0.4 is 0 Å². The van der Waals surface area contributed by atoms with Crippen LogP contribution in [0.15, 0.2) is 0 Å². The van der Waals surface area contributed by atoms with E-state index in [0.717, 1.165) is 6.42 Å². The molecule has 3 heteroatoms. The molecule has 0 rings (SSSR count). The molecule has 21 heavy (non-hydrogen) atoms. The van der Waals surface area contributed by atoms with E-state index in [0.29, 0.717) is 0 Å². The Morgan fingerprint density at radius 2 is 0.810 bits per heavy atom. The molecule has 0 aromatic heterocycles. The Bertz CT molecular complexity index is 138. The second-order valence-corrected chi connectivity index (χ2v) is 9.61. The molecular weight excluding hydrogens is 378 g/mol. The van der Waals surface area contributed by atoms with Gasteiger partial charge in [0.05, 0.1) is 0 Å². The van der Waals surface area contributed by atoms with Crippen molar-refractivity contribution in [3.8, 4) is 0 Å². The first kappa shape index (κ1) is 24.7. The maximum absolute atomic E-state index is 4.93. The van der Waals surface area contributed by atoms with Gasteiger partial charge in [-0.3, -0.25) is 0 Å². The van der Waals surface area contributed by atoms with Gasteiger partial charge < -0.3 is 6.92 Å². The van der Waals surface area contributed by atoms with Crippen molar-refractivity contribution in [3.05, 3.63) is 6.92 Å². The molecule has 0 unspecified atom stereocenters. The molecule has 0 atom stereocenters. The van der Waals surface area contributed by atoms with Crippen LogP contribution in [0.1, 0.15) is 110 Å². The van der Waals surface area contributed by atoms with Gasteiger partial charge >= 0.3 is 37.9 Å². The van der Waals surface area contributed by atoms with Crippen LogP contribution in [0, 0.1) is 6.92 Å². The first-order chi connectivity index (χ1) is 10.3. The van der Waals surface area contributed by atoms with Gasteiger partial charge in [-0.1, -0.05) is 103 Å². The maximum atomic E-state index is 4.93. The summed E-state index contributed by atoms with van der Waals surface area (Å²) in [4.78, 5) is 0. The first-order valence-corrected chi connectivity index (χ1v) is 15.4. The summed E-state index contributed by atoms with van der Waals surface area (Å²) in [7, 11) is 9.87. The quantitative estimate of drug-likeness (QED) is 0.186. The summed E-state index contributed by atoms with van der Waals surface area (Å²) in [6.45, 7) is 6.18. The second kappa shape index (κ2) is 26.4. The fraction of sp³-hybridized carbons (Fsp3) is 0.944. The molecule has 0 aliphatic rings. The number of rotatable bonds is 15. The van der Waals surface area contributed by atoms with E-state index in [9.17, 15) is 0 Å². The van der Waals surface area contributed by atoms with Crippen molar-refractivity contribution in [3.63, 3.8) is 0 Å². The van der Waals surface area contributed by atoms with Crippen LogP contribution in [0.2, 0.25) is 0 Å². The van der Waals surface area contributed by atoms with E-state index in [2.05, 4.69) is 13.8 Å². The zero-order chi connectivity index (χ0) is 16.0. The summed E-state index contributed by atoms with van der Waals surface area (Å²) in [6, 6.07) is 0. The predicted molar refractivity (Wildman–Crippen MR) is 96.6 cm³/mol. The zero-order valence-corrected chi connectivity index (χ0v) is 18.2. The Hall–Kier alpha value is 1.46. The molecule has 0 saturated carbocycles. The molecule has 0 aromatic rings. The van der Waals surface area contributed by atoms with Gasteiger partial charge in [-0.25, -0.2) is 0 Å². The van der Waals surface area contributed by atoms with Gasteiger partial charge in [-0.15, -0.1) is 0 Å². The summed E-state index contributed by atoms with van der Waals surface area (Å²) in [6.07, 6.45) is 22.8. The molecule has 0 radical (unpaired) electrons. The molecule has 0 saturated heterocycles. The van der Waals surface area contributed by atoms with Crippen LogP contribution in [-0.2, 0) is 20.8 Å². The molecule has 0 aromatic carbocycles. The van der Waals surface area contributed by atoms with Crippen molar-refractivity contribution in [1.82, 2.24) is 0 Å². The van der Waals surface area contributed by atoms with E-state index >= 15 is 0 Å². The molecule has 0 bridgehead atoms. The Morgan fingerprint density at radius 3 is 1.05 bits per heavy atom. The van der Waals surface area contributed by atoms with Crippen LogP contribution >= 0.6 is 17.0 Å². The molecular formula is C18H37Cl2Zr-. The van der Waals surface area contributed by atoms with Crippen molar-refractivity contribution in [2.75, 3.05) is 0 Å². The van der Waals surface area contributed by atoms with Crippen LogP contribution in [-0.4, -0.2) is 0 Å². The summed E-state index contributed by atoms with van der Waals surface area (Å²) in [5, 5.41) is 0. The van der Waals surface area contributed by atoms with Crippen molar-refractivity contribution < 1.29 is 20.8 Å². The van der Waals surface area contributed by atoms with E-state index in [1.165, 1.54) is 96.3 Å². The molecule has 0 N–H and O–H groups in total. The number of unbranched alkanes of at least 4 members (excludes halogenated alkanes) is 15. The SMILES string of the molecule is [CH2-]CCCCCCCCCCCCCCCCC.[Cl][Zr][Cl]. The fourth-order valence-electron chi connectivity index (χ4n) is 2.55. The first-order valence-electron chi connectivity index (χ1n) is 9.09. The molecule has 0 amide bonds. The Morgan fingerprint density at radius 1 is 0.571 bits per heavy atom. The van der Waals surface area contributed by atoms with Crippen molar-refractivity contribution >= 4 is 17.0 Å². The van der Waals surface area contributed by atoms with Crippen LogP contribution in [0.5, 0.6) is 0 Å². The summed E-state index contributed by atoms with van der Waals surface area (Å²) in [5.41, 5.74) is 0. The van der Waals surface area contributed by atoms with Crippen molar-refractivity contribution in [1.29, 1.82) is 0 Å². The normalized spacial score (nSPS) is 10.1. The number of hydrogen-bond donors (Lipinski definition) is 0. The molecule has 128 valence electrons. The van der Waals surface area contributed by atoms with E-state index < -0.39 is 20.8 Å². The van der Waals surface area contributed by atoms with Crippen molar-refractivity contribution in [2.45, 2.75) is 110 Å². The molecule has 0 aliphatic carbocycles. The summed E-state index contributed by atoms with van der Waals surface area (Å²) >= 11 is -0.826. The van der Waals surface area contributed by atoms with Gasteiger partial charge in [0.15, 0.2) is 0 Å². The third-order valence-electron chi connectivity index (χ3n) is 3.85. The molecule has 0 heterocycles. The van der Waals surface area contributed by atoms with E-state index in [4.69, 9.17) is 17.0 Å². The average molecular weight is 416 g/mol.